The van der Waals surface area contributed by atoms with E-state index in [9.17, 15) is 9.59 Å². The highest BCUT2D eigenvalue weighted by molar-refractivity contribution is 5.76. The van der Waals surface area contributed by atoms with E-state index in [0.29, 0.717) is 18.9 Å². The Morgan fingerprint density at radius 3 is 2.41 bits per heavy atom. The van der Waals surface area contributed by atoms with Crippen LogP contribution >= 0.6 is 0 Å². The third-order valence-electron chi connectivity index (χ3n) is 4.94. The van der Waals surface area contributed by atoms with Crippen molar-refractivity contribution in [2.45, 2.75) is 70.8 Å². The fourth-order valence-corrected chi connectivity index (χ4v) is 3.57. The number of hydrogen-bond donors (Lipinski definition) is 1. The molecule has 22 heavy (non-hydrogen) atoms. The van der Waals surface area contributed by atoms with E-state index in [2.05, 4.69) is 5.32 Å². The van der Waals surface area contributed by atoms with Gasteiger partial charge in [-0.25, -0.2) is 4.79 Å². The van der Waals surface area contributed by atoms with Crippen LogP contribution in [0.15, 0.2) is 0 Å². The second-order valence-electron chi connectivity index (χ2n) is 6.56. The molecule has 0 spiro atoms. The number of carbonyl (C=O) groups is 2. The fourth-order valence-electron chi connectivity index (χ4n) is 3.57. The maximum Gasteiger partial charge on any atom is 0.407 e. The van der Waals surface area contributed by atoms with E-state index in [1.165, 1.54) is 32.1 Å². The number of carbonyl (C=O) groups excluding carboxylic acids is 2. The van der Waals surface area contributed by atoms with Gasteiger partial charge in [0, 0.05) is 25.6 Å². The van der Waals surface area contributed by atoms with Crippen molar-refractivity contribution in [2.75, 3.05) is 19.7 Å². The zero-order valence-corrected chi connectivity index (χ0v) is 13.8. The topological polar surface area (TPSA) is 58.6 Å². The van der Waals surface area contributed by atoms with Gasteiger partial charge >= 0.3 is 6.09 Å². The third kappa shape index (κ3) is 5.50. The molecule has 5 nitrogen and oxygen atoms in total. The van der Waals surface area contributed by atoms with E-state index < -0.39 is 0 Å². The van der Waals surface area contributed by atoms with Crippen molar-refractivity contribution in [2.24, 2.45) is 5.92 Å². The Morgan fingerprint density at radius 1 is 1.09 bits per heavy atom. The Hall–Kier alpha value is -1.26. The highest BCUT2D eigenvalue weighted by Gasteiger charge is 2.24. The van der Waals surface area contributed by atoms with Crippen molar-refractivity contribution >= 4 is 12.0 Å². The molecule has 0 aromatic heterocycles. The SMILES string of the molecule is CCOC(=O)NC1CCN(C(=O)CCC2CCCCC2)CC1. The smallest absolute Gasteiger partial charge is 0.407 e. The van der Waals surface area contributed by atoms with Crippen molar-refractivity contribution in [3.05, 3.63) is 0 Å². The molecular formula is C17H30N2O3. The Balaban J connectivity index is 1.63. The minimum Gasteiger partial charge on any atom is -0.450 e. The number of nitrogens with zero attached hydrogens (tertiary/aromatic N) is 1. The zero-order valence-electron chi connectivity index (χ0n) is 13.8. The maximum absolute atomic E-state index is 12.3. The summed E-state index contributed by atoms with van der Waals surface area (Å²) in [5, 5.41) is 2.86. The van der Waals surface area contributed by atoms with E-state index in [1.54, 1.807) is 6.92 Å². The number of hydrogen-bond acceptors (Lipinski definition) is 3. The maximum atomic E-state index is 12.3. The van der Waals surface area contributed by atoms with E-state index in [-0.39, 0.29) is 12.1 Å². The number of piperidine rings is 1. The van der Waals surface area contributed by atoms with Crippen LogP contribution in [0.1, 0.15) is 64.7 Å². The summed E-state index contributed by atoms with van der Waals surface area (Å²) in [6, 6.07) is 0.140. The summed E-state index contributed by atoms with van der Waals surface area (Å²) in [6.07, 6.45) is 9.71. The number of ether oxygens (including phenoxy) is 1. The predicted octanol–water partition coefficient (Wildman–Crippen LogP) is 3.08. The summed E-state index contributed by atoms with van der Waals surface area (Å²) in [4.78, 5) is 25.6. The van der Waals surface area contributed by atoms with Crippen molar-refractivity contribution in [1.82, 2.24) is 10.2 Å². The molecule has 2 amide bonds. The highest BCUT2D eigenvalue weighted by Crippen LogP contribution is 2.27. The van der Waals surface area contributed by atoms with E-state index >= 15 is 0 Å². The summed E-state index contributed by atoms with van der Waals surface area (Å²) in [6.45, 7) is 3.69. The highest BCUT2D eigenvalue weighted by atomic mass is 16.5. The molecule has 1 saturated heterocycles. The number of alkyl carbamates (subject to hydrolysis) is 1. The summed E-state index contributed by atoms with van der Waals surface area (Å²) < 4.78 is 4.89. The van der Waals surface area contributed by atoms with Crippen LogP contribution < -0.4 is 5.32 Å². The van der Waals surface area contributed by atoms with Crippen molar-refractivity contribution in [3.8, 4) is 0 Å². The first-order valence-electron chi connectivity index (χ1n) is 8.90. The molecule has 0 aromatic carbocycles. The molecule has 1 aliphatic carbocycles. The monoisotopic (exact) mass is 310 g/mol. The standard InChI is InChI=1S/C17H30N2O3/c1-2-22-17(21)18-15-10-12-19(13-11-15)16(20)9-8-14-6-4-3-5-7-14/h14-15H,2-13H2,1H3,(H,18,21). The second kappa shape index (κ2) is 9.01. The van der Waals surface area contributed by atoms with Gasteiger partial charge in [-0.15, -0.1) is 0 Å². The summed E-state index contributed by atoms with van der Waals surface area (Å²) in [7, 11) is 0. The van der Waals surface area contributed by atoms with Crippen LogP contribution in [0.2, 0.25) is 0 Å². The average molecular weight is 310 g/mol. The Bertz CT molecular complexity index is 359. The number of rotatable bonds is 5. The van der Waals surface area contributed by atoms with E-state index in [0.717, 1.165) is 38.3 Å². The first-order valence-corrected chi connectivity index (χ1v) is 8.90. The third-order valence-corrected chi connectivity index (χ3v) is 4.94. The fraction of sp³-hybridized carbons (Fsp3) is 0.882. The quantitative estimate of drug-likeness (QED) is 0.849. The molecule has 1 aliphatic heterocycles. The van der Waals surface area contributed by atoms with Crippen LogP contribution in [0.4, 0.5) is 4.79 Å². The molecule has 0 aromatic rings. The van der Waals surface area contributed by atoms with Crippen LogP contribution in [0, 0.1) is 5.92 Å². The molecule has 5 heteroatoms. The predicted molar refractivity (Wildman–Crippen MR) is 85.6 cm³/mol. The van der Waals surface area contributed by atoms with Crippen LogP contribution in [0.5, 0.6) is 0 Å². The summed E-state index contributed by atoms with van der Waals surface area (Å²) in [5.74, 6) is 1.06. The summed E-state index contributed by atoms with van der Waals surface area (Å²) >= 11 is 0. The van der Waals surface area contributed by atoms with Crippen molar-refractivity contribution in [1.29, 1.82) is 0 Å². The molecule has 1 saturated carbocycles. The minimum atomic E-state index is -0.343. The molecule has 126 valence electrons. The lowest BCUT2D eigenvalue weighted by Gasteiger charge is -2.32. The minimum absolute atomic E-state index is 0.140. The molecule has 0 unspecified atom stereocenters. The molecule has 2 rings (SSSR count). The van der Waals surface area contributed by atoms with Gasteiger partial charge < -0.3 is 15.0 Å². The number of amides is 2. The number of nitrogens with one attached hydrogen (secondary N) is 1. The average Bonchev–Trinajstić information content (AvgIpc) is 2.54. The van der Waals surface area contributed by atoms with Crippen molar-refractivity contribution in [3.63, 3.8) is 0 Å². The van der Waals surface area contributed by atoms with Gasteiger partial charge in [0.1, 0.15) is 0 Å². The molecule has 2 aliphatic rings. The van der Waals surface area contributed by atoms with Crippen LogP contribution in [-0.2, 0) is 9.53 Å². The first-order chi connectivity index (χ1) is 10.7. The van der Waals surface area contributed by atoms with Gasteiger partial charge in [-0.1, -0.05) is 32.1 Å². The Labute approximate surface area is 133 Å². The first kappa shape index (κ1) is 17.1. The molecule has 1 N–H and O–H groups in total. The normalized spacial score (nSPS) is 20.7. The lowest BCUT2D eigenvalue weighted by Crippen LogP contribution is -2.46. The Morgan fingerprint density at radius 2 is 1.77 bits per heavy atom. The van der Waals surface area contributed by atoms with Gasteiger partial charge in [-0.05, 0) is 32.1 Å². The van der Waals surface area contributed by atoms with E-state index in [1.807, 2.05) is 4.90 Å². The number of likely N-dealkylation sites (tertiary alicyclic amines) is 1. The van der Waals surface area contributed by atoms with Gasteiger partial charge in [0.05, 0.1) is 6.61 Å². The molecule has 2 fully saturated rings. The second-order valence-corrected chi connectivity index (χ2v) is 6.56. The summed E-state index contributed by atoms with van der Waals surface area (Å²) in [5.41, 5.74) is 0. The molecule has 0 atom stereocenters. The molecule has 0 radical (unpaired) electrons. The van der Waals surface area contributed by atoms with Gasteiger partial charge in [-0.3, -0.25) is 4.79 Å². The van der Waals surface area contributed by atoms with Crippen LogP contribution in [-0.4, -0.2) is 42.6 Å². The van der Waals surface area contributed by atoms with Gasteiger partial charge in [0.25, 0.3) is 0 Å². The zero-order chi connectivity index (χ0) is 15.8. The largest absolute Gasteiger partial charge is 0.450 e. The molecule has 1 heterocycles. The molecule has 0 bridgehead atoms. The lowest BCUT2D eigenvalue weighted by atomic mass is 9.86. The van der Waals surface area contributed by atoms with Gasteiger partial charge in [0.2, 0.25) is 5.91 Å². The van der Waals surface area contributed by atoms with Crippen LogP contribution in [0.25, 0.3) is 0 Å². The molecular weight excluding hydrogens is 280 g/mol. The van der Waals surface area contributed by atoms with Crippen molar-refractivity contribution < 1.29 is 14.3 Å². The lowest BCUT2D eigenvalue weighted by molar-refractivity contribution is -0.132. The van der Waals surface area contributed by atoms with Gasteiger partial charge in [-0.2, -0.15) is 0 Å². The van der Waals surface area contributed by atoms with Crippen LogP contribution in [0.3, 0.4) is 0 Å². The van der Waals surface area contributed by atoms with E-state index in [4.69, 9.17) is 4.74 Å². The Kier molecular flexibility index (Phi) is 7.00. The van der Waals surface area contributed by atoms with Gasteiger partial charge in [0.15, 0.2) is 0 Å².